The van der Waals surface area contributed by atoms with E-state index in [1.165, 1.54) is 9.13 Å². The smallest absolute Gasteiger partial charge is 0.0610 e. The van der Waals surface area contributed by atoms with Crippen LogP contribution in [0.3, 0.4) is 0 Å². The molecule has 0 bridgehead atoms. The van der Waals surface area contributed by atoms with Gasteiger partial charge in [-0.25, -0.2) is 0 Å². The molecule has 15 heavy (non-hydrogen) atoms. The third-order valence-corrected chi connectivity index (χ3v) is 3.47. The Labute approximate surface area is 105 Å². The summed E-state index contributed by atoms with van der Waals surface area (Å²) in [6.07, 6.45) is 0. The molecule has 1 N–H and O–H groups in total. The molecule has 0 aliphatic rings. The van der Waals surface area contributed by atoms with Crippen molar-refractivity contribution < 1.29 is 5.11 Å². The maximum atomic E-state index is 9.24. The Kier molecular flexibility index (Phi) is 4.55. The molecule has 0 fully saturated rings. The van der Waals surface area contributed by atoms with Gasteiger partial charge in [-0.2, -0.15) is 0 Å². The average molecular weight is 319 g/mol. The Morgan fingerprint density at radius 1 is 1.27 bits per heavy atom. The molecule has 84 valence electrons. The number of hydrogen-bond acceptors (Lipinski definition) is 2. The summed E-state index contributed by atoms with van der Waals surface area (Å²) in [6, 6.07) is 8.48. The molecule has 0 heterocycles. The molecule has 1 aromatic carbocycles. The van der Waals surface area contributed by atoms with E-state index < -0.39 is 0 Å². The second kappa shape index (κ2) is 5.27. The lowest BCUT2D eigenvalue weighted by molar-refractivity contribution is 0.0734. The maximum absolute atomic E-state index is 9.24. The molecule has 0 aliphatic heterocycles. The summed E-state index contributed by atoms with van der Waals surface area (Å²) in [6.45, 7) is 5.12. The number of aliphatic hydroxyl groups excluding tert-OH is 1. The van der Waals surface area contributed by atoms with Crippen LogP contribution in [0, 0.1) is 3.57 Å². The Morgan fingerprint density at radius 3 is 2.27 bits per heavy atom. The van der Waals surface area contributed by atoms with Crippen LogP contribution in [0.2, 0.25) is 0 Å². The van der Waals surface area contributed by atoms with Crippen molar-refractivity contribution in [2.24, 2.45) is 0 Å². The van der Waals surface area contributed by atoms with Crippen LogP contribution in [-0.4, -0.2) is 29.2 Å². The van der Waals surface area contributed by atoms with Gasteiger partial charge in [0.2, 0.25) is 0 Å². The molecule has 0 aromatic heterocycles. The largest absolute Gasteiger partial charge is 0.394 e. The fourth-order valence-corrected chi connectivity index (χ4v) is 1.56. The molecule has 0 atom stereocenters. The Bertz CT molecular complexity index is 308. The molecule has 1 rings (SSSR count). The number of likely N-dealkylation sites (N-methyl/N-ethyl adjacent to an activating group) is 1. The average Bonchev–Trinajstić information content (AvgIpc) is 2.21. The summed E-state index contributed by atoms with van der Waals surface area (Å²) in [7, 11) is 2.04. The van der Waals surface area contributed by atoms with Crippen molar-refractivity contribution in [2.75, 3.05) is 13.7 Å². The topological polar surface area (TPSA) is 23.5 Å². The van der Waals surface area contributed by atoms with E-state index >= 15 is 0 Å². The van der Waals surface area contributed by atoms with Gasteiger partial charge in [-0.15, -0.1) is 0 Å². The van der Waals surface area contributed by atoms with Crippen LogP contribution in [0.15, 0.2) is 24.3 Å². The fraction of sp³-hybridized carbons (Fsp3) is 0.500. The van der Waals surface area contributed by atoms with Crippen molar-refractivity contribution in [2.45, 2.75) is 25.9 Å². The quantitative estimate of drug-likeness (QED) is 0.862. The van der Waals surface area contributed by atoms with Crippen molar-refractivity contribution in [3.8, 4) is 0 Å². The van der Waals surface area contributed by atoms with E-state index in [9.17, 15) is 5.11 Å². The molecule has 0 radical (unpaired) electrons. The van der Waals surface area contributed by atoms with Gasteiger partial charge < -0.3 is 5.11 Å². The molecule has 0 saturated heterocycles. The molecule has 0 amide bonds. The fourth-order valence-electron chi connectivity index (χ4n) is 1.20. The van der Waals surface area contributed by atoms with Crippen molar-refractivity contribution in [1.29, 1.82) is 0 Å². The Balaban J connectivity index is 2.66. The molecular formula is C12H18INO. The predicted octanol–water partition coefficient (Wildman–Crippen LogP) is 2.49. The first-order valence-electron chi connectivity index (χ1n) is 5.02. The third-order valence-electron chi connectivity index (χ3n) is 2.75. The molecular weight excluding hydrogens is 301 g/mol. The van der Waals surface area contributed by atoms with E-state index in [1.54, 1.807) is 0 Å². The minimum atomic E-state index is -0.164. The summed E-state index contributed by atoms with van der Waals surface area (Å²) in [5, 5.41) is 9.24. The van der Waals surface area contributed by atoms with Gasteiger partial charge in [-0.05, 0) is 61.2 Å². The van der Waals surface area contributed by atoms with Crippen LogP contribution in [0.25, 0.3) is 0 Å². The van der Waals surface area contributed by atoms with Crippen molar-refractivity contribution in [1.82, 2.24) is 4.90 Å². The molecule has 0 unspecified atom stereocenters. The molecule has 0 saturated carbocycles. The number of rotatable bonds is 4. The zero-order valence-electron chi connectivity index (χ0n) is 9.50. The van der Waals surface area contributed by atoms with Crippen LogP contribution < -0.4 is 0 Å². The zero-order chi connectivity index (χ0) is 11.5. The monoisotopic (exact) mass is 319 g/mol. The predicted molar refractivity (Wildman–Crippen MR) is 71.8 cm³/mol. The van der Waals surface area contributed by atoms with Crippen LogP contribution in [0.1, 0.15) is 19.4 Å². The molecule has 3 heteroatoms. The first-order chi connectivity index (χ1) is 6.95. The van der Waals surface area contributed by atoms with E-state index in [0.717, 1.165) is 6.54 Å². The van der Waals surface area contributed by atoms with Gasteiger partial charge in [-0.3, -0.25) is 4.90 Å². The number of benzene rings is 1. The van der Waals surface area contributed by atoms with E-state index in [2.05, 4.69) is 51.8 Å². The van der Waals surface area contributed by atoms with Crippen molar-refractivity contribution >= 4 is 22.6 Å². The summed E-state index contributed by atoms with van der Waals surface area (Å²) < 4.78 is 1.25. The molecule has 0 spiro atoms. The van der Waals surface area contributed by atoms with Crippen LogP contribution in [-0.2, 0) is 6.54 Å². The minimum Gasteiger partial charge on any atom is -0.394 e. The van der Waals surface area contributed by atoms with Crippen LogP contribution in [0.4, 0.5) is 0 Å². The van der Waals surface area contributed by atoms with Crippen LogP contribution in [0.5, 0.6) is 0 Å². The van der Waals surface area contributed by atoms with Gasteiger partial charge in [0.15, 0.2) is 0 Å². The van der Waals surface area contributed by atoms with E-state index in [0.29, 0.717) is 0 Å². The zero-order valence-corrected chi connectivity index (χ0v) is 11.7. The minimum absolute atomic E-state index is 0.164. The number of nitrogens with zero attached hydrogens (tertiary/aromatic N) is 1. The standard InChI is InChI=1S/C12H18INO/c1-12(2,9-15)14(3)8-10-4-6-11(13)7-5-10/h4-7,15H,8-9H2,1-3H3. The summed E-state index contributed by atoms with van der Waals surface area (Å²) in [4.78, 5) is 2.16. The first kappa shape index (κ1) is 12.9. The van der Waals surface area contributed by atoms with E-state index in [-0.39, 0.29) is 12.1 Å². The van der Waals surface area contributed by atoms with E-state index in [1.807, 2.05) is 20.9 Å². The second-order valence-electron chi connectivity index (χ2n) is 4.45. The van der Waals surface area contributed by atoms with Gasteiger partial charge in [0.1, 0.15) is 0 Å². The SMILES string of the molecule is CN(Cc1ccc(I)cc1)C(C)(C)CO. The van der Waals surface area contributed by atoms with Gasteiger partial charge in [0.25, 0.3) is 0 Å². The van der Waals surface area contributed by atoms with Gasteiger partial charge >= 0.3 is 0 Å². The summed E-state index contributed by atoms with van der Waals surface area (Å²) in [5.41, 5.74) is 1.11. The Morgan fingerprint density at radius 2 is 1.80 bits per heavy atom. The number of aliphatic hydroxyl groups is 1. The van der Waals surface area contributed by atoms with Gasteiger partial charge in [0, 0.05) is 15.7 Å². The van der Waals surface area contributed by atoms with Crippen molar-refractivity contribution in [3.05, 3.63) is 33.4 Å². The number of halogens is 1. The highest BCUT2D eigenvalue weighted by molar-refractivity contribution is 14.1. The van der Waals surface area contributed by atoms with Gasteiger partial charge in [0.05, 0.1) is 6.61 Å². The lowest BCUT2D eigenvalue weighted by Crippen LogP contribution is -2.43. The normalized spacial score (nSPS) is 12.1. The highest BCUT2D eigenvalue weighted by atomic mass is 127. The summed E-state index contributed by atoms with van der Waals surface area (Å²) in [5.74, 6) is 0. The van der Waals surface area contributed by atoms with Gasteiger partial charge in [-0.1, -0.05) is 12.1 Å². The second-order valence-corrected chi connectivity index (χ2v) is 5.70. The lowest BCUT2D eigenvalue weighted by Gasteiger charge is -2.33. The van der Waals surface area contributed by atoms with E-state index in [4.69, 9.17) is 0 Å². The summed E-state index contributed by atoms with van der Waals surface area (Å²) >= 11 is 2.30. The molecule has 0 aliphatic carbocycles. The first-order valence-corrected chi connectivity index (χ1v) is 6.10. The lowest BCUT2D eigenvalue weighted by atomic mass is 10.0. The third kappa shape index (κ3) is 3.74. The molecule has 1 aromatic rings. The Hall–Kier alpha value is -0.130. The molecule has 2 nitrogen and oxygen atoms in total. The highest BCUT2D eigenvalue weighted by Crippen LogP contribution is 2.15. The van der Waals surface area contributed by atoms with Crippen molar-refractivity contribution in [3.63, 3.8) is 0 Å². The van der Waals surface area contributed by atoms with Crippen LogP contribution >= 0.6 is 22.6 Å². The maximum Gasteiger partial charge on any atom is 0.0610 e. The number of hydrogen-bond donors (Lipinski definition) is 1. The highest BCUT2D eigenvalue weighted by Gasteiger charge is 2.21.